The lowest BCUT2D eigenvalue weighted by molar-refractivity contribution is -0.143. The number of halogens is 5. The van der Waals surface area contributed by atoms with E-state index >= 15 is 0 Å². The van der Waals surface area contributed by atoms with Gasteiger partial charge >= 0.3 is 5.97 Å². The highest BCUT2D eigenvalue weighted by molar-refractivity contribution is 6.57. The molecule has 2 rings (SSSR count). The van der Waals surface area contributed by atoms with Crippen molar-refractivity contribution < 1.29 is 20.1 Å². The molecule has 0 saturated carbocycles. The number of carbonyl (C=O) groups is 1. The molecule has 1 aromatic rings. The highest BCUT2D eigenvalue weighted by atomic mass is 35.5. The molecule has 0 fully saturated rings. The minimum atomic E-state index is -2.54. The molecule has 0 aliphatic carbocycles. The van der Waals surface area contributed by atoms with Gasteiger partial charge in [-0.25, -0.2) is 4.79 Å². The van der Waals surface area contributed by atoms with Crippen LogP contribution in [0.25, 0.3) is 0 Å². The first-order valence-corrected chi connectivity index (χ1v) is 8.50. The summed E-state index contributed by atoms with van der Waals surface area (Å²) in [4.78, 5) is 13.8. The Morgan fingerprint density at radius 2 is 1.88 bits per heavy atom. The summed E-state index contributed by atoms with van der Waals surface area (Å²) in [6.45, 7) is 1.45. The summed E-state index contributed by atoms with van der Waals surface area (Å²) < 4.78 is -2.47. The van der Waals surface area contributed by atoms with Gasteiger partial charge in [0.25, 0.3) is 0 Å². The van der Waals surface area contributed by atoms with Crippen molar-refractivity contribution in [1.29, 1.82) is 0 Å². The van der Waals surface area contributed by atoms with Gasteiger partial charge in [-0.15, -0.1) is 0 Å². The Bertz CT molecular complexity index is 782. The topological polar surface area (TPSA) is 93.4 Å². The Hall–Kier alpha value is -0.890. The standard InChI is InChI=1S/C14H11Cl5N2O4/c1-6-5-21(12(25)20-10(6)22)14(18,19)13(17,11(23)24)7-3-2-4-8(15)9(7)16/h2-5,12,25H,1H3,(H,20,22)(H,23,24). The molecule has 11 heteroatoms. The van der Waals surface area contributed by atoms with Crippen molar-refractivity contribution in [2.24, 2.45) is 4.99 Å². The maximum absolute atomic E-state index is 12.0. The zero-order chi connectivity index (χ0) is 19.2. The first-order valence-electron chi connectivity index (χ1n) is 6.61. The van der Waals surface area contributed by atoms with Crippen molar-refractivity contribution in [2.45, 2.75) is 22.6 Å². The van der Waals surface area contributed by atoms with Crippen molar-refractivity contribution >= 4 is 69.9 Å². The Balaban J connectivity index is 2.67. The van der Waals surface area contributed by atoms with E-state index in [1.165, 1.54) is 25.1 Å². The summed E-state index contributed by atoms with van der Waals surface area (Å²) in [5.74, 6) is -2.09. The van der Waals surface area contributed by atoms with E-state index in [9.17, 15) is 20.1 Å². The molecule has 0 saturated heterocycles. The number of aliphatic imine (C=N–C) groups is 1. The van der Waals surface area contributed by atoms with Crippen molar-refractivity contribution in [1.82, 2.24) is 4.90 Å². The van der Waals surface area contributed by atoms with Crippen LogP contribution in [0.2, 0.25) is 10.0 Å². The number of hydrogen-bond acceptors (Lipinski definition) is 4. The molecule has 0 aromatic heterocycles. The fraction of sp³-hybridized carbons (Fsp3) is 0.286. The van der Waals surface area contributed by atoms with Crippen LogP contribution in [0, 0.1) is 0 Å². The van der Waals surface area contributed by atoms with Gasteiger partial charge in [0.2, 0.25) is 21.6 Å². The first kappa shape index (κ1) is 20.4. The summed E-state index contributed by atoms with van der Waals surface area (Å²) in [6.07, 6.45) is -0.653. The third-order valence-electron chi connectivity index (χ3n) is 3.53. The van der Waals surface area contributed by atoms with Crippen molar-refractivity contribution in [3.8, 4) is 0 Å². The quantitative estimate of drug-likeness (QED) is 0.476. The number of hydrogen-bond donors (Lipinski definition) is 3. The van der Waals surface area contributed by atoms with Crippen molar-refractivity contribution in [3.05, 3.63) is 45.6 Å². The number of carboxylic acid groups (broad SMARTS) is 1. The van der Waals surface area contributed by atoms with Gasteiger partial charge in [-0.2, -0.15) is 4.99 Å². The van der Waals surface area contributed by atoms with E-state index in [0.717, 1.165) is 11.1 Å². The van der Waals surface area contributed by atoms with Gasteiger partial charge in [0.1, 0.15) is 0 Å². The maximum atomic E-state index is 12.0. The molecule has 0 radical (unpaired) electrons. The van der Waals surface area contributed by atoms with Gasteiger partial charge in [0.15, 0.2) is 0 Å². The summed E-state index contributed by atoms with van der Waals surface area (Å²) in [5.41, 5.74) is -0.00423. The fourth-order valence-electron chi connectivity index (χ4n) is 2.19. The lowest BCUT2D eigenvalue weighted by atomic mass is 9.96. The molecule has 0 bridgehead atoms. The van der Waals surface area contributed by atoms with Crippen LogP contribution >= 0.6 is 58.0 Å². The van der Waals surface area contributed by atoms with Gasteiger partial charge in [0, 0.05) is 17.3 Å². The van der Waals surface area contributed by atoms with E-state index in [1.54, 1.807) is 0 Å². The highest BCUT2D eigenvalue weighted by Gasteiger charge is 2.61. The Morgan fingerprint density at radius 1 is 1.28 bits per heavy atom. The molecule has 0 amide bonds. The maximum Gasteiger partial charge on any atom is 0.334 e. The number of alkyl halides is 3. The van der Waals surface area contributed by atoms with E-state index in [1.807, 2.05) is 0 Å². The molecule has 1 heterocycles. The molecule has 25 heavy (non-hydrogen) atoms. The molecule has 6 nitrogen and oxygen atoms in total. The summed E-state index contributed by atoms with van der Waals surface area (Å²) in [6, 6.07) is 4.15. The minimum absolute atomic E-state index is 0.0381. The van der Waals surface area contributed by atoms with Crippen LogP contribution in [0.15, 0.2) is 35.0 Å². The molecular formula is C14H11Cl5N2O4. The van der Waals surface area contributed by atoms with Gasteiger partial charge in [-0.3, -0.25) is 4.90 Å². The van der Waals surface area contributed by atoms with Crippen LogP contribution in [0.5, 0.6) is 0 Å². The van der Waals surface area contributed by atoms with Gasteiger partial charge < -0.3 is 15.3 Å². The Morgan fingerprint density at radius 3 is 2.44 bits per heavy atom. The second-order valence-electron chi connectivity index (χ2n) is 5.12. The third-order valence-corrected chi connectivity index (χ3v) is 6.14. The smallest absolute Gasteiger partial charge is 0.334 e. The number of aliphatic carboxylic acids is 1. The number of carboxylic acids is 1. The van der Waals surface area contributed by atoms with E-state index in [4.69, 9.17) is 58.0 Å². The van der Waals surface area contributed by atoms with Gasteiger partial charge in [0.05, 0.1) is 10.0 Å². The van der Waals surface area contributed by atoms with E-state index in [2.05, 4.69) is 4.99 Å². The van der Waals surface area contributed by atoms with Crippen molar-refractivity contribution in [3.63, 3.8) is 0 Å². The molecule has 2 unspecified atom stereocenters. The molecule has 3 N–H and O–H groups in total. The predicted molar refractivity (Wildman–Crippen MR) is 97.7 cm³/mol. The molecular weight excluding hydrogens is 437 g/mol. The molecule has 1 aliphatic rings. The monoisotopic (exact) mass is 446 g/mol. The number of rotatable bonds is 4. The number of aliphatic hydroxyl groups is 2. The van der Waals surface area contributed by atoms with Crippen molar-refractivity contribution in [2.75, 3.05) is 0 Å². The fourth-order valence-corrected chi connectivity index (χ4v) is 3.57. The number of aliphatic hydroxyl groups excluding tert-OH is 2. The SMILES string of the molecule is CC1=CN(C(Cl)(Cl)C(Cl)(C(=O)O)c2cccc(Cl)c2Cl)C(O)N=C1O. The largest absolute Gasteiger partial charge is 0.493 e. The van der Waals surface area contributed by atoms with Crippen LogP contribution in [0.1, 0.15) is 12.5 Å². The predicted octanol–water partition coefficient (Wildman–Crippen LogP) is 4.10. The van der Waals surface area contributed by atoms with Crippen LogP contribution in [-0.2, 0) is 9.67 Å². The summed E-state index contributed by atoms with van der Waals surface area (Å²) in [5, 5.41) is 29.3. The Kier molecular flexibility index (Phi) is 5.74. The highest BCUT2D eigenvalue weighted by Crippen LogP contribution is 2.53. The molecule has 0 spiro atoms. The van der Waals surface area contributed by atoms with Gasteiger partial charge in [-0.1, -0.05) is 70.1 Å². The lowest BCUT2D eigenvalue weighted by Crippen LogP contribution is -2.58. The molecule has 1 aliphatic heterocycles. The van der Waals surface area contributed by atoms with E-state index < -0.39 is 27.6 Å². The second-order valence-corrected chi connectivity index (χ2v) is 7.76. The average Bonchev–Trinajstić information content (AvgIpc) is 2.52. The average molecular weight is 449 g/mol. The zero-order valence-corrected chi connectivity index (χ0v) is 16.2. The van der Waals surface area contributed by atoms with E-state index in [-0.39, 0.29) is 21.2 Å². The number of benzene rings is 1. The van der Waals surface area contributed by atoms with Crippen LogP contribution in [-0.4, -0.2) is 42.9 Å². The van der Waals surface area contributed by atoms with Crippen LogP contribution in [0.3, 0.4) is 0 Å². The molecule has 1 aromatic carbocycles. The number of nitrogens with zero attached hydrogens (tertiary/aromatic N) is 2. The summed E-state index contributed by atoms with van der Waals surface area (Å²) >= 11 is 31.0. The summed E-state index contributed by atoms with van der Waals surface area (Å²) in [7, 11) is 0. The van der Waals surface area contributed by atoms with Crippen LogP contribution in [0.4, 0.5) is 0 Å². The first-order chi connectivity index (χ1) is 11.4. The minimum Gasteiger partial charge on any atom is -0.493 e. The lowest BCUT2D eigenvalue weighted by Gasteiger charge is -2.44. The zero-order valence-electron chi connectivity index (χ0n) is 12.4. The van der Waals surface area contributed by atoms with E-state index in [0.29, 0.717) is 0 Å². The third kappa shape index (κ3) is 3.27. The van der Waals surface area contributed by atoms with Gasteiger partial charge in [-0.05, 0) is 13.0 Å². The normalized spacial score (nSPS) is 20.6. The van der Waals surface area contributed by atoms with Crippen LogP contribution < -0.4 is 0 Å². The Labute approximate surface area is 167 Å². The molecule has 2 atom stereocenters. The second kappa shape index (κ2) is 7.02. The molecule has 136 valence electrons.